The number of hydrogen-bond acceptors (Lipinski definition) is 7. The summed E-state index contributed by atoms with van der Waals surface area (Å²) in [6.07, 6.45) is 0. The summed E-state index contributed by atoms with van der Waals surface area (Å²) in [6.45, 7) is 6.05. The molecule has 1 aliphatic rings. The molecule has 1 fully saturated rings. The van der Waals surface area contributed by atoms with Gasteiger partial charge in [-0.2, -0.15) is 4.98 Å². The molecule has 1 aromatic heterocycles. The molecule has 0 saturated carbocycles. The van der Waals surface area contributed by atoms with Crippen LogP contribution in [-0.2, 0) is 16.1 Å². The zero-order valence-electron chi connectivity index (χ0n) is 17.2. The van der Waals surface area contributed by atoms with Crippen LogP contribution in [0, 0.1) is 11.8 Å². The van der Waals surface area contributed by atoms with Gasteiger partial charge in [-0.1, -0.05) is 24.0 Å². The van der Waals surface area contributed by atoms with Crippen molar-refractivity contribution < 1.29 is 19.2 Å². The first kappa shape index (κ1) is 20.9. The van der Waals surface area contributed by atoms with Crippen LogP contribution >= 0.6 is 0 Å². The van der Waals surface area contributed by atoms with Crippen LogP contribution < -0.4 is 10.8 Å². The fourth-order valence-corrected chi connectivity index (χ4v) is 3.27. The molecule has 8 heteroatoms. The van der Waals surface area contributed by atoms with E-state index < -0.39 is 11.9 Å². The Balaban J connectivity index is 1.42. The second-order valence-corrected chi connectivity index (χ2v) is 7.38. The van der Waals surface area contributed by atoms with E-state index in [0.29, 0.717) is 11.1 Å². The van der Waals surface area contributed by atoms with Gasteiger partial charge in [0.05, 0.1) is 13.2 Å². The van der Waals surface area contributed by atoms with Gasteiger partial charge in [-0.15, -0.1) is 0 Å². The summed E-state index contributed by atoms with van der Waals surface area (Å²) in [7, 11) is 0. The molecular weight excluding hydrogens is 396 g/mol. The molecule has 31 heavy (non-hydrogen) atoms. The number of nitrogens with zero attached hydrogens (tertiary/aromatic N) is 2. The fourth-order valence-electron chi connectivity index (χ4n) is 3.27. The summed E-state index contributed by atoms with van der Waals surface area (Å²) in [5.41, 5.74) is 5.82. The highest BCUT2D eigenvalue weighted by atomic mass is 16.5. The van der Waals surface area contributed by atoms with Gasteiger partial charge < -0.3 is 14.5 Å². The smallest absolute Gasteiger partial charge is 0.296 e. The lowest BCUT2D eigenvalue weighted by atomic mass is 10.1. The van der Waals surface area contributed by atoms with E-state index in [1.807, 2.05) is 24.3 Å². The number of carbonyl (C=O) groups is 1. The van der Waals surface area contributed by atoms with E-state index in [4.69, 9.17) is 14.4 Å². The monoisotopic (exact) mass is 420 g/mol. The molecule has 0 bridgehead atoms. The predicted octanol–water partition coefficient (Wildman–Crippen LogP) is 2.37. The summed E-state index contributed by atoms with van der Waals surface area (Å²) in [6, 6.07) is 13.3. The van der Waals surface area contributed by atoms with Crippen molar-refractivity contribution in [2.45, 2.75) is 19.5 Å². The van der Waals surface area contributed by atoms with Crippen LogP contribution in [0.25, 0.3) is 11.1 Å². The van der Waals surface area contributed by atoms with Crippen molar-refractivity contribution in [3.05, 3.63) is 59.2 Å². The Labute approximate surface area is 180 Å². The number of hydrogen-bond donors (Lipinski definition) is 3. The number of aromatic nitrogens is 1. The zero-order valence-corrected chi connectivity index (χ0v) is 17.2. The van der Waals surface area contributed by atoms with Crippen molar-refractivity contribution in [2.75, 3.05) is 31.6 Å². The maximum Gasteiger partial charge on any atom is 0.296 e. The first-order valence-electron chi connectivity index (χ1n) is 10.1. The molecule has 1 unspecified atom stereocenters. The number of oxazole rings is 1. The molecule has 0 spiro atoms. The molecule has 0 aliphatic carbocycles. The van der Waals surface area contributed by atoms with E-state index in [1.165, 1.54) is 5.56 Å². The lowest BCUT2D eigenvalue weighted by Crippen LogP contribution is -2.35. The number of fused-ring (bicyclic) bond motifs is 1. The molecule has 1 amide bonds. The second-order valence-electron chi connectivity index (χ2n) is 7.38. The predicted molar refractivity (Wildman–Crippen MR) is 116 cm³/mol. The zero-order chi connectivity index (χ0) is 21.6. The summed E-state index contributed by atoms with van der Waals surface area (Å²) in [5.74, 6) is 5.76. The molecular formula is C23H24N4O4. The van der Waals surface area contributed by atoms with E-state index in [2.05, 4.69) is 39.2 Å². The average Bonchev–Trinajstić information content (AvgIpc) is 3.20. The van der Waals surface area contributed by atoms with Crippen molar-refractivity contribution in [3.8, 4) is 11.8 Å². The van der Waals surface area contributed by atoms with Crippen LogP contribution in [0.15, 0.2) is 46.9 Å². The number of rotatable bonds is 5. The lowest BCUT2D eigenvalue weighted by Gasteiger charge is -2.26. The summed E-state index contributed by atoms with van der Waals surface area (Å²) >= 11 is 0. The number of nitrogens with one attached hydrogen (secondary N) is 2. The van der Waals surface area contributed by atoms with Gasteiger partial charge in [0.25, 0.3) is 11.9 Å². The summed E-state index contributed by atoms with van der Waals surface area (Å²) in [4.78, 5) is 18.1. The fraction of sp³-hybridized carbons (Fsp3) is 0.304. The number of hydroxylamine groups is 1. The third-order valence-electron chi connectivity index (χ3n) is 5.05. The van der Waals surface area contributed by atoms with Crippen LogP contribution in [0.3, 0.4) is 0 Å². The molecule has 8 nitrogen and oxygen atoms in total. The Morgan fingerprint density at radius 2 is 1.87 bits per heavy atom. The van der Waals surface area contributed by atoms with Gasteiger partial charge in [-0.3, -0.25) is 14.9 Å². The normalized spacial score (nSPS) is 15.2. The first-order valence-corrected chi connectivity index (χ1v) is 10.1. The Morgan fingerprint density at radius 1 is 1.16 bits per heavy atom. The van der Waals surface area contributed by atoms with Crippen molar-refractivity contribution in [3.63, 3.8) is 0 Å². The largest absolute Gasteiger partial charge is 0.424 e. The highest BCUT2D eigenvalue weighted by Gasteiger charge is 2.15. The van der Waals surface area contributed by atoms with E-state index in [0.717, 1.165) is 44.0 Å². The standard InChI is InChI=1S/C23H24N4O4/c1-16(22(28)26-29)24-23-25-20-14-18(8-9-21(20)31-23)5-2-17-3-6-19(7-4-17)15-27-10-12-30-13-11-27/h3-4,6-9,14,16,29H,10-13,15H2,1H3,(H,24,25)(H,26,28). The van der Waals surface area contributed by atoms with E-state index in [9.17, 15) is 4.79 Å². The third kappa shape index (κ3) is 5.41. The van der Waals surface area contributed by atoms with Crippen molar-refractivity contribution in [2.24, 2.45) is 0 Å². The Bertz CT molecular complexity index is 1110. The number of carbonyl (C=O) groups excluding carboxylic acids is 1. The number of morpholine rings is 1. The maximum absolute atomic E-state index is 11.4. The van der Waals surface area contributed by atoms with Crippen LogP contribution in [0.2, 0.25) is 0 Å². The van der Waals surface area contributed by atoms with Crippen molar-refractivity contribution >= 4 is 23.0 Å². The van der Waals surface area contributed by atoms with Crippen LogP contribution in [-0.4, -0.2) is 53.3 Å². The van der Waals surface area contributed by atoms with Gasteiger partial charge in [0.2, 0.25) is 0 Å². The SMILES string of the molecule is CC(Nc1nc2cc(C#Cc3ccc(CN4CCOCC4)cc3)ccc2o1)C(=O)NO. The Kier molecular flexibility index (Phi) is 6.48. The van der Waals surface area contributed by atoms with Crippen molar-refractivity contribution in [1.29, 1.82) is 0 Å². The second kappa shape index (κ2) is 9.62. The topological polar surface area (TPSA) is 99.9 Å². The maximum atomic E-state index is 11.4. The number of amides is 1. The van der Waals surface area contributed by atoms with E-state index in [1.54, 1.807) is 18.5 Å². The number of ether oxygens (including phenoxy) is 1. The Morgan fingerprint density at radius 3 is 2.61 bits per heavy atom. The van der Waals surface area contributed by atoms with Gasteiger partial charge >= 0.3 is 0 Å². The molecule has 160 valence electrons. The molecule has 1 atom stereocenters. The summed E-state index contributed by atoms with van der Waals surface area (Å²) in [5, 5.41) is 11.5. The van der Waals surface area contributed by atoms with Gasteiger partial charge in [-0.05, 0) is 42.8 Å². The van der Waals surface area contributed by atoms with Gasteiger partial charge in [0.15, 0.2) is 5.58 Å². The Hall–Kier alpha value is -3.38. The minimum Gasteiger partial charge on any atom is -0.424 e. The molecule has 1 aliphatic heterocycles. The van der Waals surface area contributed by atoms with Crippen molar-refractivity contribution in [1.82, 2.24) is 15.4 Å². The van der Waals surface area contributed by atoms with E-state index >= 15 is 0 Å². The van der Waals surface area contributed by atoms with E-state index in [-0.39, 0.29) is 6.01 Å². The highest BCUT2D eigenvalue weighted by molar-refractivity contribution is 5.83. The average molecular weight is 420 g/mol. The van der Waals surface area contributed by atoms with Crippen LogP contribution in [0.5, 0.6) is 0 Å². The molecule has 3 aromatic rings. The van der Waals surface area contributed by atoms with Crippen LogP contribution in [0.1, 0.15) is 23.6 Å². The molecule has 0 radical (unpaired) electrons. The number of benzene rings is 2. The molecule has 2 heterocycles. The van der Waals surface area contributed by atoms with Crippen LogP contribution in [0.4, 0.5) is 6.01 Å². The van der Waals surface area contributed by atoms with Gasteiger partial charge in [0.1, 0.15) is 11.6 Å². The molecule has 3 N–H and O–H groups in total. The minimum absolute atomic E-state index is 0.201. The highest BCUT2D eigenvalue weighted by Crippen LogP contribution is 2.20. The molecule has 4 rings (SSSR count). The minimum atomic E-state index is -0.691. The van der Waals surface area contributed by atoms with Gasteiger partial charge in [-0.25, -0.2) is 5.48 Å². The summed E-state index contributed by atoms with van der Waals surface area (Å²) < 4.78 is 11.0. The molecule has 1 saturated heterocycles. The lowest BCUT2D eigenvalue weighted by molar-refractivity contribution is -0.129. The quantitative estimate of drug-likeness (QED) is 0.331. The third-order valence-corrected chi connectivity index (χ3v) is 5.05. The molecule has 2 aromatic carbocycles. The number of anilines is 1. The van der Waals surface area contributed by atoms with Gasteiger partial charge in [0, 0.05) is 30.8 Å². The first-order chi connectivity index (χ1) is 15.1.